The lowest BCUT2D eigenvalue weighted by molar-refractivity contribution is 0.340. The van der Waals surface area contributed by atoms with Gasteiger partial charge >= 0.3 is 0 Å². The first-order chi connectivity index (χ1) is 8.50. The molecular weight excluding hydrogens is 254 g/mol. The molecule has 6 nitrogen and oxygen atoms in total. The summed E-state index contributed by atoms with van der Waals surface area (Å²) in [5.74, 6) is 2.18. The van der Waals surface area contributed by atoms with Crippen LogP contribution in [0.1, 0.15) is 37.5 Å². The minimum Gasteiger partial charge on any atom is -0.338 e. The molecule has 1 saturated heterocycles. The Labute approximate surface area is 107 Å². The Hall–Kier alpha value is -0.950. The van der Waals surface area contributed by atoms with E-state index in [1.807, 2.05) is 14.0 Å². The largest absolute Gasteiger partial charge is 0.338 e. The van der Waals surface area contributed by atoms with Crippen molar-refractivity contribution < 1.29 is 12.9 Å². The number of aromatic nitrogens is 2. The average Bonchev–Trinajstić information content (AvgIpc) is 2.79. The zero-order chi connectivity index (χ0) is 13.2. The second kappa shape index (κ2) is 5.36. The topological polar surface area (TPSA) is 85.1 Å². The van der Waals surface area contributed by atoms with Gasteiger partial charge in [-0.05, 0) is 32.7 Å². The first kappa shape index (κ1) is 13.5. The molecule has 0 spiro atoms. The van der Waals surface area contributed by atoms with E-state index in [0.717, 1.165) is 0 Å². The van der Waals surface area contributed by atoms with Gasteiger partial charge in [-0.25, -0.2) is 8.42 Å². The Bertz CT molecular complexity index is 483. The van der Waals surface area contributed by atoms with Gasteiger partial charge in [0.1, 0.15) is 9.84 Å². The van der Waals surface area contributed by atoms with Crippen molar-refractivity contribution in [3.05, 3.63) is 11.7 Å². The Balaban J connectivity index is 1.92. The molecule has 1 aromatic rings. The molecule has 0 amide bonds. The van der Waals surface area contributed by atoms with Crippen molar-refractivity contribution in [1.82, 2.24) is 15.5 Å². The Morgan fingerprint density at radius 3 is 2.72 bits per heavy atom. The fourth-order valence-electron chi connectivity index (χ4n) is 2.05. The van der Waals surface area contributed by atoms with Gasteiger partial charge in [-0.15, -0.1) is 0 Å². The third-order valence-electron chi connectivity index (χ3n) is 3.43. The van der Waals surface area contributed by atoms with Gasteiger partial charge in [-0.3, -0.25) is 0 Å². The first-order valence-electron chi connectivity index (χ1n) is 6.20. The predicted molar refractivity (Wildman–Crippen MR) is 66.9 cm³/mol. The standard InChI is InChI=1S/C11H19N3O3S/c1-8(12-2)11-13-10(14-17-11)7-9-3-5-18(15,16)6-4-9/h8-9,12H,3-7H2,1-2H3. The molecule has 1 fully saturated rings. The van der Waals surface area contributed by atoms with Gasteiger partial charge < -0.3 is 9.84 Å². The van der Waals surface area contributed by atoms with Crippen LogP contribution in [-0.2, 0) is 16.3 Å². The minimum atomic E-state index is -2.79. The molecule has 0 radical (unpaired) electrons. The van der Waals surface area contributed by atoms with Crippen LogP contribution >= 0.6 is 0 Å². The number of hydrogen-bond acceptors (Lipinski definition) is 6. The van der Waals surface area contributed by atoms with E-state index in [9.17, 15) is 8.42 Å². The molecule has 0 saturated carbocycles. The second-order valence-corrected chi connectivity index (χ2v) is 7.16. The fraction of sp³-hybridized carbons (Fsp3) is 0.818. The molecule has 2 heterocycles. The van der Waals surface area contributed by atoms with E-state index in [0.29, 0.717) is 36.9 Å². The highest BCUT2D eigenvalue weighted by atomic mass is 32.2. The lowest BCUT2D eigenvalue weighted by atomic mass is 9.99. The Morgan fingerprint density at radius 2 is 2.11 bits per heavy atom. The van der Waals surface area contributed by atoms with Crippen LogP contribution < -0.4 is 5.32 Å². The van der Waals surface area contributed by atoms with Crippen molar-refractivity contribution in [2.24, 2.45) is 5.92 Å². The van der Waals surface area contributed by atoms with E-state index in [1.54, 1.807) is 0 Å². The van der Waals surface area contributed by atoms with E-state index in [1.165, 1.54) is 0 Å². The van der Waals surface area contributed by atoms with Crippen molar-refractivity contribution in [3.63, 3.8) is 0 Å². The summed E-state index contributed by atoms with van der Waals surface area (Å²) in [5.41, 5.74) is 0. The number of rotatable bonds is 4. The quantitative estimate of drug-likeness (QED) is 0.870. The van der Waals surface area contributed by atoms with Crippen LogP contribution in [0.15, 0.2) is 4.52 Å². The van der Waals surface area contributed by atoms with Gasteiger partial charge in [0, 0.05) is 6.42 Å². The summed E-state index contributed by atoms with van der Waals surface area (Å²) in [7, 11) is -0.961. The lowest BCUT2D eigenvalue weighted by Crippen LogP contribution is -2.24. The van der Waals surface area contributed by atoms with Crippen molar-refractivity contribution in [2.45, 2.75) is 32.2 Å². The SMILES string of the molecule is CNC(C)c1nc(CC2CCS(=O)(=O)CC2)no1. The smallest absolute Gasteiger partial charge is 0.243 e. The van der Waals surface area contributed by atoms with Crippen molar-refractivity contribution >= 4 is 9.84 Å². The lowest BCUT2D eigenvalue weighted by Gasteiger charge is -2.20. The van der Waals surface area contributed by atoms with Crippen LogP contribution in [0.5, 0.6) is 0 Å². The number of nitrogens with zero attached hydrogens (tertiary/aromatic N) is 2. The van der Waals surface area contributed by atoms with E-state index >= 15 is 0 Å². The molecule has 18 heavy (non-hydrogen) atoms. The van der Waals surface area contributed by atoms with Crippen molar-refractivity contribution in [3.8, 4) is 0 Å². The van der Waals surface area contributed by atoms with E-state index < -0.39 is 9.84 Å². The summed E-state index contributed by atoms with van der Waals surface area (Å²) in [4.78, 5) is 4.32. The molecule has 1 unspecified atom stereocenters. The fourth-order valence-corrected chi connectivity index (χ4v) is 3.64. The van der Waals surface area contributed by atoms with Crippen LogP contribution in [0.2, 0.25) is 0 Å². The van der Waals surface area contributed by atoms with Gasteiger partial charge in [0.05, 0.1) is 17.5 Å². The molecule has 0 aromatic carbocycles. The van der Waals surface area contributed by atoms with E-state index in [-0.39, 0.29) is 17.5 Å². The maximum Gasteiger partial charge on any atom is 0.243 e. The monoisotopic (exact) mass is 273 g/mol. The predicted octanol–water partition coefficient (Wildman–Crippen LogP) is 0.717. The zero-order valence-electron chi connectivity index (χ0n) is 10.7. The highest BCUT2D eigenvalue weighted by molar-refractivity contribution is 7.91. The molecule has 2 rings (SSSR count). The van der Waals surface area contributed by atoms with Gasteiger partial charge in [0.15, 0.2) is 5.82 Å². The molecule has 102 valence electrons. The minimum absolute atomic E-state index is 0.0398. The number of sulfone groups is 1. The molecular formula is C11H19N3O3S. The third kappa shape index (κ3) is 3.29. The Kier molecular flexibility index (Phi) is 4.01. The maximum absolute atomic E-state index is 11.3. The zero-order valence-corrected chi connectivity index (χ0v) is 11.5. The molecule has 7 heteroatoms. The highest BCUT2D eigenvalue weighted by Gasteiger charge is 2.25. The molecule has 0 aliphatic carbocycles. The summed E-state index contributed by atoms with van der Waals surface area (Å²) in [6.07, 6.45) is 2.11. The summed E-state index contributed by atoms with van der Waals surface area (Å²) in [5, 5.41) is 6.97. The van der Waals surface area contributed by atoms with Crippen LogP contribution in [0.4, 0.5) is 0 Å². The average molecular weight is 273 g/mol. The third-order valence-corrected chi connectivity index (χ3v) is 5.15. The van der Waals surface area contributed by atoms with Crippen LogP contribution in [0.3, 0.4) is 0 Å². The molecule has 1 aliphatic heterocycles. The molecule has 1 aromatic heterocycles. The summed E-state index contributed by atoms with van der Waals surface area (Å²) in [6.45, 7) is 1.95. The van der Waals surface area contributed by atoms with Crippen molar-refractivity contribution in [2.75, 3.05) is 18.6 Å². The number of hydrogen-bond donors (Lipinski definition) is 1. The Morgan fingerprint density at radius 1 is 1.44 bits per heavy atom. The van der Waals surface area contributed by atoms with Crippen molar-refractivity contribution in [1.29, 1.82) is 0 Å². The maximum atomic E-state index is 11.3. The van der Waals surface area contributed by atoms with Gasteiger partial charge in [0.25, 0.3) is 0 Å². The number of nitrogens with one attached hydrogen (secondary N) is 1. The second-order valence-electron chi connectivity index (χ2n) is 4.86. The summed E-state index contributed by atoms with van der Waals surface area (Å²) in [6, 6.07) is 0.0398. The van der Waals surface area contributed by atoms with Crippen LogP contribution in [0.25, 0.3) is 0 Å². The van der Waals surface area contributed by atoms with E-state index in [2.05, 4.69) is 15.5 Å². The van der Waals surface area contributed by atoms with E-state index in [4.69, 9.17) is 4.52 Å². The first-order valence-corrected chi connectivity index (χ1v) is 8.02. The molecule has 1 N–H and O–H groups in total. The molecule has 1 atom stereocenters. The van der Waals surface area contributed by atoms with Gasteiger partial charge in [-0.1, -0.05) is 5.16 Å². The van der Waals surface area contributed by atoms with Crippen LogP contribution in [0, 0.1) is 5.92 Å². The summed E-state index contributed by atoms with van der Waals surface area (Å²) < 4.78 is 27.8. The molecule has 0 bridgehead atoms. The summed E-state index contributed by atoms with van der Waals surface area (Å²) >= 11 is 0. The van der Waals surface area contributed by atoms with Crippen LogP contribution in [-0.4, -0.2) is 37.1 Å². The normalized spacial score (nSPS) is 21.9. The van der Waals surface area contributed by atoms with Gasteiger partial charge in [-0.2, -0.15) is 4.98 Å². The highest BCUT2D eigenvalue weighted by Crippen LogP contribution is 2.22. The molecule has 1 aliphatic rings. The van der Waals surface area contributed by atoms with Gasteiger partial charge in [0.2, 0.25) is 5.89 Å².